The van der Waals surface area contributed by atoms with Crippen LogP contribution < -0.4 is 5.73 Å². The summed E-state index contributed by atoms with van der Waals surface area (Å²) in [4.78, 5) is 16.5. The van der Waals surface area contributed by atoms with E-state index < -0.39 is 0 Å². The van der Waals surface area contributed by atoms with Crippen LogP contribution in [0.3, 0.4) is 0 Å². The smallest absolute Gasteiger partial charge is 0.264 e. The molecule has 0 bridgehead atoms. The molecule has 1 aromatic heterocycles. The predicted octanol–water partition coefficient (Wildman–Crippen LogP) is 2.90. The van der Waals surface area contributed by atoms with Crippen LogP contribution in [0.4, 0.5) is 5.69 Å². The third-order valence-electron chi connectivity index (χ3n) is 3.81. The molecule has 1 heterocycles. The molecule has 2 N–H and O–H groups in total. The topological polar surface area (TPSA) is 46.3 Å². The SMILES string of the molecule is Cc1sc(C(=O)N(CC2CC2)CC2CC2)cc1N. The van der Waals surface area contributed by atoms with Crippen LogP contribution in [0.25, 0.3) is 0 Å². The second-order valence-electron chi connectivity index (χ2n) is 5.72. The molecule has 18 heavy (non-hydrogen) atoms. The first-order chi connectivity index (χ1) is 8.63. The molecule has 0 unspecified atom stereocenters. The molecule has 0 aromatic carbocycles. The summed E-state index contributed by atoms with van der Waals surface area (Å²) in [6.07, 6.45) is 5.17. The van der Waals surface area contributed by atoms with Gasteiger partial charge >= 0.3 is 0 Å². The predicted molar refractivity (Wildman–Crippen MR) is 74.8 cm³/mol. The molecule has 0 atom stereocenters. The van der Waals surface area contributed by atoms with Crippen LogP contribution >= 0.6 is 11.3 Å². The van der Waals surface area contributed by atoms with E-state index in [1.54, 1.807) is 0 Å². The van der Waals surface area contributed by atoms with E-state index >= 15 is 0 Å². The zero-order chi connectivity index (χ0) is 12.7. The molecule has 1 aromatic rings. The van der Waals surface area contributed by atoms with Crippen molar-refractivity contribution in [3.63, 3.8) is 0 Å². The summed E-state index contributed by atoms with van der Waals surface area (Å²) in [5.41, 5.74) is 6.60. The first kappa shape index (κ1) is 12.0. The molecular formula is C14H20N2OS. The number of carbonyl (C=O) groups excluding carboxylic acids is 1. The van der Waals surface area contributed by atoms with Gasteiger partial charge in [-0.2, -0.15) is 0 Å². The number of hydrogen-bond acceptors (Lipinski definition) is 3. The van der Waals surface area contributed by atoms with Gasteiger partial charge in [0.1, 0.15) is 0 Å². The van der Waals surface area contributed by atoms with Gasteiger partial charge in [-0.25, -0.2) is 0 Å². The lowest BCUT2D eigenvalue weighted by Crippen LogP contribution is -2.34. The Morgan fingerprint density at radius 3 is 2.28 bits per heavy atom. The van der Waals surface area contributed by atoms with E-state index in [1.807, 2.05) is 13.0 Å². The van der Waals surface area contributed by atoms with Crippen molar-refractivity contribution < 1.29 is 4.79 Å². The van der Waals surface area contributed by atoms with E-state index in [4.69, 9.17) is 5.73 Å². The highest BCUT2D eigenvalue weighted by Crippen LogP contribution is 2.35. The number of nitrogen functional groups attached to an aromatic ring is 1. The van der Waals surface area contributed by atoms with Crippen molar-refractivity contribution in [1.29, 1.82) is 0 Å². The van der Waals surface area contributed by atoms with Gasteiger partial charge in [0.05, 0.1) is 4.88 Å². The van der Waals surface area contributed by atoms with Crippen molar-refractivity contribution in [3.8, 4) is 0 Å². The summed E-state index contributed by atoms with van der Waals surface area (Å²) in [6, 6.07) is 1.84. The molecule has 1 amide bonds. The average molecular weight is 264 g/mol. The molecule has 4 heteroatoms. The number of nitrogens with two attached hydrogens (primary N) is 1. The number of amides is 1. The Morgan fingerprint density at radius 1 is 1.33 bits per heavy atom. The summed E-state index contributed by atoms with van der Waals surface area (Å²) in [6.45, 7) is 3.88. The maximum atomic E-state index is 12.5. The molecule has 3 rings (SSSR count). The van der Waals surface area contributed by atoms with Crippen LogP contribution in [-0.2, 0) is 0 Å². The summed E-state index contributed by atoms with van der Waals surface area (Å²) < 4.78 is 0. The number of hydrogen-bond donors (Lipinski definition) is 1. The monoisotopic (exact) mass is 264 g/mol. The van der Waals surface area contributed by atoms with Gasteiger partial charge in [0.15, 0.2) is 0 Å². The number of rotatable bonds is 5. The Bertz CT molecular complexity index is 427. The highest BCUT2D eigenvalue weighted by atomic mass is 32.1. The molecule has 0 aliphatic heterocycles. The Hall–Kier alpha value is -1.03. The molecule has 2 aliphatic carbocycles. The van der Waals surface area contributed by atoms with E-state index in [1.165, 1.54) is 37.0 Å². The van der Waals surface area contributed by atoms with Crippen LogP contribution in [0, 0.1) is 18.8 Å². The third kappa shape index (κ3) is 2.69. The van der Waals surface area contributed by atoms with Gasteiger partial charge in [-0.05, 0) is 50.5 Å². The van der Waals surface area contributed by atoms with E-state index in [-0.39, 0.29) is 5.91 Å². The molecular weight excluding hydrogens is 244 g/mol. The standard InChI is InChI=1S/C14H20N2OS/c1-9-12(15)6-13(18-9)14(17)16(7-10-2-3-10)8-11-4-5-11/h6,10-11H,2-5,7-8,15H2,1H3. The zero-order valence-electron chi connectivity index (χ0n) is 10.8. The van der Waals surface area contributed by atoms with Gasteiger partial charge < -0.3 is 10.6 Å². The largest absolute Gasteiger partial charge is 0.398 e. The highest BCUT2D eigenvalue weighted by molar-refractivity contribution is 7.14. The minimum Gasteiger partial charge on any atom is -0.398 e. The van der Waals surface area contributed by atoms with Crippen LogP contribution in [-0.4, -0.2) is 23.9 Å². The normalized spacial score (nSPS) is 18.9. The van der Waals surface area contributed by atoms with Crippen molar-refractivity contribution in [2.75, 3.05) is 18.8 Å². The van der Waals surface area contributed by atoms with Crippen molar-refractivity contribution >= 4 is 22.9 Å². The maximum Gasteiger partial charge on any atom is 0.264 e. The molecule has 2 saturated carbocycles. The maximum absolute atomic E-state index is 12.5. The fourth-order valence-electron chi connectivity index (χ4n) is 2.22. The molecule has 0 saturated heterocycles. The Labute approximate surface area is 112 Å². The quantitative estimate of drug-likeness (QED) is 0.889. The van der Waals surface area contributed by atoms with Gasteiger partial charge in [-0.3, -0.25) is 4.79 Å². The molecule has 0 radical (unpaired) electrons. The summed E-state index contributed by atoms with van der Waals surface area (Å²) in [5.74, 6) is 1.70. The van der Waals surface area contributed by atoms with E-state index in [2.05, 4.69) is 4.90 Å². The molecule has 2 fully saturated rings. The molecule has 0 spiro atoms. The van der Waals surface area contributed by atoms with Crippen molar-refractivity contribution in [3.05, 3.63) is 15.8 Å². The Morgan fingerprint density at radius 2 is 1.89 bits per heavy atom. The minimum absolute atomic E-state index is 0.193. The van der Waals surface area contributed by atoms with E-state index in [0.29, 0.717) is 0 Å². The van der Waals surface area contributed by atoms with E-state index in [9.17, 15) is 4.79 Å². The number of thiophene rings is 1. The number of carbonyl (C=O) groups is 1. The third-order valence-corrected chi connectivity index (χ3v) is 4.86. The fourth-order valence-corrected chi connectivity index (χ4v) is 3.13. The fraction of sp³-hybridized carbons (Fsp3) is 0.643. The Kier molecular flexibility index (Phi) is 3.06. The van der Waals surface area contributed by atoms with Gasteiger partial charge in [0, 0.05) is 23.7 Å². The minimum atomic E-state index is 0.193. The molecule has 2 aliphatic rings. The second kappa shape index (κ2) is 4.57. The van der Waals surface area contributed by atoms with E-state index in [0.717, 1.165) is 40.4 Å². The van der Waals surface area contributed by atoms with Crippen molar-refractivity contribution in [2.24, 2.45) is 11.8 Å². The van der Waals surface area contributed by atoms with Crippen molar-refractivity contribution in [2.45, 2.75) is 32.6 Å². The first-order valence-electron chi connectivity index (χ1n) is 6.78. The van der Waals surface area contributed by atoms with Crippen molar-refractivity contribution in [1.82, 2.24) is 4.90 Å². The molecule has 3 nitrogen and oxygen atoms in total. The Balaban J connectivity index is 1.72. The van der Waals surface area contributed by atoms with Crippen LogP contribution in [0.1, 0.15) is 40.2 Å². The number of nitrogens with zero attached hydrogens (tertiary/aromatic N) is 1. The second-order valence-corrected chi connectivity index (χ2v) is 6.98. The van der Waals surface area contributed by atoms with Gasteiger partial charge in [-0.15, -0.1) is 11.3 Å². The summed E-state index contributed by atoms with van der Waals surface area (Å²) >= 11 is 1.53. The highest BCUT2D eigenvalue weighted by Gasteiger charge is 2.32. The lowest BCUT2D eigenvalue weighted by atomic mass is 10.2. The summed E-state index contributed by atoms with van der Waals surface area (Å²) in [5, 5.41) is 0. The number of anilines is 1. The average Bonchev–Trinajstić information content (AvgIpc) is 3.22. The first-order valence-corrected chi connectivity index (χ1v) is 7.60. The lowest BCUT2D eigenvalue weighted by Gasteiger charge is -2.21. The van der Waals surface area contributed by atoms with Crippen LogP contribution in [0.5, 0.6) is 0 Å². The van der Waals surface area contributed by atoms with Gasteiger partial charge in [-0.1, -0.05) is 0 Å². The van der Waals surface area contributed by atoms with Gasteiger partial charge in [0.2, 0.25) is 0 Å². The number of aryl methyl sites for hydroxylation is 1. The summed E-state index contributed by atoms with van der Waals surface area (Å²) in [7, 11) is 0. The van der Waals surface area contributed by atoms with Crippen LogP contribution in [0.15, 0.2) is 6.07 Å². The molecule has 98 valence electrons. The van der Waals surface area contributed by atoms with Crippen LogP contribution in [0.2, 0.25) is 0 Å². The lowest BCUT2D eigenvalue weighted by molar-refractivity contribution is 0.0744. The zero-order valence-corrected chi connectivity index (χ0v) is 11.6. The van der Waals surface area contributed by atoms with Gasteiger partial charge in [0.25, 0.3) is 5.91 Å².